The summed E-state index contributed by atoms with van der Waals surface area (Å²) in [6, 6.07) is -0.256. The van der Waals surface area contributed by atoms with E-state index in [0.717, 1.165) is 26.2 Å². The van der Waals surface area contributed by atoms with E-state index in [4.69, 9.17) is 19.6 Å². The van der Waals surface area contributed by atoms with Gasteiger partial charge in [-0.2, -0.15) is 0 Å². The molecule has 0 radical (unpaired) electrons. The van der Waals surface area contributed by atoms with Crippen LogP contribution in [0.2, 0.25) is 0 Å². The summed E-state index contributed by atoms with van der Waals surface area (Å²) < 4.78 is 22.6. The molecule has 0 atom stereocenters. The SMILES string of the molecule is CC(NC1CCCCC1)(P(=O)(O)O)P(=O)(O)O. The Hall–Kier alpha value is 0.260. The molecule has 0 heterocycles. The average molecular weight is 287 g/mol. The van der Waals surface area contributed by atoms with Crippen molar-refractivity contribution in [2.75, 3.05) is 0 Å². The molecule has 0 aromatic heterocycles. The van der Waals surface area contributed by atoms with Crippen molar-refractivity contribution in [1.29, 1.82) is 0 Å². The van der Waals surface area contributed by atoms with Crippen LogP contribution in [0.5, 0.6) is 0 Å². The molecule has 1 rings (SSSR count). The molecule has 102 valence electrons. The van der Waals surface area contributed by atoms with Crippen LogP contribution in [0.3, 0.4) is 0 Å². The highest BCUT2D eigenvalue weighted by Gasteiger charge is 2.57. The van der Waals surface area contributed by atoms with E-state index in [-0.39, 0.29) is 6.04 Å². The minimum atomic E-state index is -4.95. The summed E-state index contributed by atoms with van der Waals surface area (Å²) >= 11 is 0. The average Bonchev–Trinajstić information content (AvgIpc) is 2.15. The first-order valence-corrected chi connectivity index (χ1v) is 8.69. The first kappa shape index (κ1) is 15.3. The van der Waals surface area contributed by atoms with E-state index < -0.39 is 20.2 Å². The van der Waals surface area contributed by atoms with Gasteiger partial charge < -0.3 is 19.6 Å². The summed E-state index contributed by atoms with van der Waals surface area (Å²) in [5, 5.41) is 0.00187. The van der Waals surface area contributed by atoms with Crippen LogP contribution >= 0.6 is 15.2 Å². The Labute approximate surface area is 99.9 Å². The first-order valence-electron chi connectivity index (χ1n) is 5.47. The van der Waals surface area contributed by atoms with Crippen molar-refractivity contribution in [2.45, 2.75) is 50.1 Å². The van der Waals surface area contributed by atoms with Crippen LogP contribution in [0.15, 0.2) is 0 Å². The van der Waals surface area contributed by atoms with E-state index in [1.807, 2.05) is 0 Å². The van der Waals surface area contributed by atoms with E-state index in [1.165, 1.54) is 0 Å². The largest absolute Gasteiger partial charge is 0.357 e. The number of nitrogens with one attached hydrogen (secondary N) is 1. The lowest BCUT2D eigenvalue weighted by molar-refractivity contribution is 0.266. The van der Waals surface area contributed by atoms with Gasteiger partial charge in [-0.25, -0.2) is 0 Å². The second-order valence-corrected chi connectivity index (χ2v) is 8.91. The molecule has 0 bridgehead atoms. The Bertz CT molecular complexity index is 333. The van der Waals surface area contributed by atoms with Crippen molar-refractivity contribution in [2.24, 2.45) is 0 Å². The number of rotatable bonds is 4. The monoisotopic (exact) mass is 287 g/mol. The predicted octanol–water partition coefficient (Wildman–Crippen LogP) is 0.938. The second kappa shape index (κ2) is 5.10. The molecule has 0 unspecified atom stereocenters. The van der Waals surface area contributed by atoms with Crippen LogP contribution in [0.25, 0.3) is 0 Å². The molecule has 1 aliphatic carbocycles. The Morgan fingerprint density at radius 3 is 1.76 bits per heavy atom. The maximum Gasteiger partial charge on any atom is 0.357 e. The lowest BCUT2D eigenvalue weighted by Gasteiger charge is -2.36. The summed E-state index contributed by atoms with van der Waals surface area (Å²) in [5.74, 6) is 0. The molecule has 0 amide bonds. The predicted molar refractivity (Wildman–Crippen MR) is 62.5 cm³/mol. The van der Waals surface area contributed by atoms with E-state index >= 15 is 0 Å². The van der Waals surface area contributed by atoms with Gasteiger partial charge in [0.25, 0.3) is 0 Å². The maximum atomic E-state index is 11.3. The van der Waals surface area contributed by atoms with Gasteiger partial charge in [0.1, 0.15) is 0 Å². The fraction of sp³-hybridized carbons (Fsp3) is 1.00. The quantitative estimate of drug-likeness (QED) is 0.487. The van der Waals surface area contributed by atoms with Gasteiger partial charge in [0, 0.05) is 6.04 Å². The highest BCUT2D eigenvalue weighted by molar-refractivity contribution is 7.72. The molecule has 1 aliphatic rings. The number of hydrogen-bond acceptors (Lipinski definition) is 3. The van der Waals surface area contributed by atoms with E-state index in [9.17, 15) is 9.13 Å². The van der Waals surface area contributed by atoms with Gasteiger partial charge in [-0.05, 0) is 19.8 Å². The van der Waals surface area contributed by atoms with Crippen LogP contribution in [-0.2, 0) is 9.13 Å². The summed E-state index contributed by atoms with van der Waals surface area (Å²) in [7, 11) is -9.90. The first-order chi connectivity index (χ1) is 7.58. The Kier molecular flexibility index (Phi) is 4.59. The van der Waals surface area contributed by atoms with Gasteiger partial charge in [-0.1, -0.05) is 19.3 Å². The molecule has 0 aliphatic heterocycles. The van der Waals surface area contributed by atoms with Crippen molar-refractivity contribution in [1.82, 2.24) is 5.32 Å². The van der Waals surface area contributed by atoms with Crippen molar-refractivity contribution in [3.63, 3.8) is 0 Å². The smallest absolute Gasteiger partial charge is 0.323 e. The Morgan fingerprint density at radius 2 is 1.41 bits per heavy atom. The third-order valence-electron chi connectivity index (χ3n) is 3.22. The fourth-order valence-corrected chi connectivity index (χ4v) is 4.03. The van der Waals surface area contributed by atoms with Crippen molar-refractivity contribution in [3.8, 4) is 0 Å². The highest BCUT2D eigenvalue weighted by atomic mass is 31.2. The standard InChI is InChI=1S/C8H19NO6P2/c1-8(16(10,11)12,17(13,14)15)9-7-5-3-2-4-6-7/h7,9H,2-6H2,1H3,(H2,10,11,12)(H2,13,14,15). The molecular formula is C8H19NO6P2. The van der Waals surface area contributed by atoms with Gasteiger partial charge in [0.05, 0.1) is 0 Å². The summed E-state index contributed by atoms with van der Waals surface area (Å²) in [5.41, 5.74) is 0. The minimum Gasteiger partial charge on any atom is -0.323 e. The topological polar surface area (TPSA) is 127 Å². The Balaban J connectivity index is 2.92. The molecule has 7 nitrogen and oxygen atoms in total. The molecule has 1 saturated carbocycles. The zero-order valence-electron chi connectivity index (χ0n) is 9.61. The lowest BCUT2D eigenvalue weighted by Crippen LogP contribution is -2.48. The maximum absolute atomic E-state index is 11.3. The van der Waals surface area contributed by atoms with E-state index in [2.05, 4.69) is 5.32 Å². The lowest BCUT2D eigenvalue weighted by atomic mass is 9.95. The third-order valence-corrected chi connectivity index (χ3v) is 7.31. The number of hydrogen-bond donors (Lipinski definition) is 5. The second-order valence-electron chi connectivity index (χ2n) is 4.59. The van der Waals surface area contributed by atoms with Crippen LogP contribution in [-0.4, -0.2) is 30.6 Å². The summed E-state index contributed by atoms with van der Waals surface area (Å²) in [6.07, 6.45) is 4.19. The van der Waals surface area contributed by atoms with Crippen LogP contribution in [0.4, 0.5) is 0 Å². The molecule has 0 aromatic rings. The molecular weight excluding hydrogens is 268 g/mol. The van der Waals surface area contributed by atoms with Gasteiger partial charge in [0.2, 0.25) is 5.02 Å². The summed E-state index contributed by atoms with van der Waals surface area (Å²) in [4.78, 5) is 36.6. The van der Waals surface area contributed by atoms with E-state index in [0.29, 0.717) is 12.8 Å². The van der Waals surface area contributed by atoms with Crippen LogP contribution < -0.4 is 5.32 Å². The van der Waals surface area contributed by atoms with Gasteiger partial charge >= 0.3 is 15.2 Å². The van der Waals surface area contributed by atoms with Crippen molar-refractivity contribution >= 4 is 15.2 Å². The van der Waals surface area contributed by atoms with Crippen LogP contribution in [0, 0.1) is 0 Å². The van der Waals surface area contributed by atoms with Gasteiger partial charge in [0.15, 0.2) is 0 Å². The van der Waals surface area contributed by atoms with E-state index in [1.54, 1.807) is 0 Å². The van der Waals surface area contributed by atoms with Crippen molar-refractivity contribution < 1.29 is 28.7 Å². The van der Waals surface area contributed by atoms with Crippen molar-refractivity contribution in [3.05, 3.63) is 0 Å². The molecule has 1 fully saturated rings. The summed E-state index contributed by atoms with van der Waals surface area (Å²) in [6.45, 7) is 0.892. The van der Waals surface area contributed by atoms with Gasteiger partial charge in [-0.3, -0.25) is 14.4 Å². The fourth-order valence-electron chi connectivity index (χ4n) is 1.97. The molecule has 5 N–H and O–H groups in total. The zero-order valence-corrected chi connectivity index (χ0v) is 11.4. The zero-order chi connectivity index (χ0) is 13.3. The molecule has 0 saturated heterocycles. The molecule has 0 spiro atoms. The normalized spacial score (nSPS) is 20.5. The highest BCUT2D eigenvalue weighted by Crippen LogP contribution is 2.67. The molecule has 9 heteroatoms. The third kappa shape index (κ3) is 3.38. The minimum absolute atomic E-state index is 0.256. The Morgan fingerprint density at radius 1 is 1.00 bits per heavy atom. The van der Waals surface area contributed by atoms with Gasteiger partial charge in [-0.15, -0.1) is 0 Å². The molecule has 17 heavy (non-hydrogen) atoms. The molecule has 0 aromatic carbocycles. The van der Waals surface area contributed by atoms with Crippen LogP contribution in [0.1, 0.15) is 39.0 Å².